The van der Waals surface area contributed by atoms with Gasteiger partial charge in [0, 0.05) is 12.2 Å². The molecule has 0 aliphatic heterocycles. The molecule has 0 spiro atoms. The molecule has 0 saturated carbocycles. The molecule has 0 aromatic heterocycles. The first-order chi connectivity index (χ1) is 9.60. The Morgan fingerprint density at radius 1 is 1.20 bits per heavy atom. The van der Waals surface area contributed by atoms with E-state index in [9.17, 15) is 4.39 Å². The Bertz CT molecular complexity index is 584. The zero-order valence-electron chi connectivity index (χ0n) is 11.5. The lowest BCUT2D eigenvalue weighted by atomic mass is 10.1. The topological polar surface area (TPSA) is 21.3 Å². The number of benzene rings is 2. The van der Waals surface area contributed by atoms with Crippen molar-refractivity contribution in [2.24, 2.45) is 0 Å². The van der Waals surface area contributed by atoms with E-state index >= 15 is 0 Å². The Hall–Kier alpha value is -1.55. The SMILES string of the molecule is COc1ccc(CCNc2cc(F)c(Br)cc2C)cc1. The Labute approximate surface area is 127 Å². The van der Waals surface area contributed by atoms with Crippen molar-refractivity contribution >= 4 is 21.6 Å². The van der Waals surface area contributed by atoms with Gasteiger partial charge in [0.15, 0.2) is 0 Å². The third kappa shape index (κ3) is 3.73. The molecule has 0 saturated heterocycles. The molecule has 1 N–H and O–H groups in total. The van der Waals surface area contributed by atoms with Crippen molar-refractivity contribution in [3.8, 4) is 5.75 Å². The third-order valence-corrected chi connectivity index (χ3v) is 3.76. The van der Waals surface area contributed by atoms with Crippen LogP contribution in [0.15, 0.2) is 40.9 Å². The second-order valence-corrected chi connectivity index (χ2v) is 5.46. The second kappa shape index (κ2) is 6.75. The molecule has 0 atom stereocenters. The normalized spacial score (nSPS) is 10.4. The number of aryl methyl sites for hydroxylation is 1. The zero-order chi connectivity index (χ0) is 14.5. The molecule has 2 aromatic rings. The van der Waals surface area contributed by atoms with Gasteiger partial charge in [-0.1, -0.05) is 12.1 Å². The van der Waals surface area contributed by atoms with E-state index in [1.54, 1.807) is 13.2 Å². The Morgan fingerprint density at radius 2 is 1.90 bits per heavy atom. The van der Waals surface area contributed by atoms with E-state index in [1.165, 1.54) is 11.6 Å². The van der Waals surface area contributed by atoms with Crippen LogP contribution in [0.1, 0.15) is 11.1 Å². The van der Waals surface area contributed by atoms with Crippen LogP contribution >= 0.6 is 15.9 Å². The predicted octanol–water partition coefficient (Wildman–Crippen LogP) is 4.56. The molecule has 2 aromatic carbocycles. The molecule has 106 valence electrons. The minimum absolute atomic E-state index is 0.248. The van der Waals surface area contributed by atoms with E-state index in [2.05, 4.69) is 21.2 Å². The molecule has 0 amide bonds. The van der Waals surface area contributed by atoms with Crippen LogP contribution in [0.3, 0.4) is 0 Å². The van der Waals surface area contributed by atoms with Gasteiger partial charge in [0.2, 0.25) is 0 Å². The molecule has 0 radical (unpaired) electrons. The lowest BCUT2D eigenvalue weighted by Gasteiger charge is -2.11. The van der Waals surface area contributed by atoms with Gasteiger partial charge in [-0.3, -0.25) is 0 Å². The van der Waals surface area contributed by atoms with Crippen molar-refractivity contribution in [1.82, 2.24) is 0 Å². The first kappa shape index (κ1) is 14.9. The number of hydrogen-bond donors (Lipinski definition) is 1. The van der Waals surface area contributed by atoms with Gasteiger partial charge in [-0.25, -0.2) is 4.39 Å². The van der Waals surface area contributed by atoms with Gasteiger partial charge in [0.1, 0.15) is 11.6 Å². The minimum Gasteiger partial charge on any atom is -0.497 e. The summed E-state index contributed by atoms with van der Waals surface area (Å²) in [6.07, 6.45) is 0.876. The van der Waals surface area contributed by atoms with Crippen molar-refractivity contribution in [2.45, 2.75) is 13.3 Å². The maximum Gasteiger partial charge on any atom is 0.139 e. The summed E-state index contributed by atoms with van der Waals surface area (Å²) < 4.78 is 19.1. The fraction of sp³-hybridized carbons (Fsp3) is 0.250. The van der Waals surface area contributed by atoms with Crippen LogP contribution in [0, 0.1) is 12.7 Å². The van der Waals surface area contributed by atoms with Crippen molar-refractivity contribution < 1.29 is 9.13 Å². The molecule has 0 unspecified atom stereocenters. The van der Waals surface area contributed by atoms with Crippen molar-refractivity contribution in [3.05, 3.63) is 57.8 Å². The molecule has 4 heteroatoms. The smallest absolute Gasteiger partial charge is 0.139 e. The van der Waals surface area contributed by atoms with Crippen LogP contribution in [-0.4, -0.2) is 13.7 Å². The van der Waals surface area contributed by atoms with Crippen molar-refractivity contribution in [2.75, 3.05) is 19.0 Å². The largest absolute Gasteiger partial charge is 0.497 e. The van der Waals surface area contributed by atoms with Gasteiger partial charge < -0.3 is 10.1 Å². The molecule has 0 aliphatic carbocycles. The summed E-state index contributed by atoms with van der Waals surface area (Å²) in [5.41, 5.74) is 3.07. The Kier molecular flexibility index (Phi) is 5.01. The van der Waals surface area contributed by atoms with Crippen LogP contribution < -0.4 is 10.1 Å². The molecule has 0 heterocycles. The fourth-order valence-electron chi connectivity index (χ4n) is 1.97. The second-order valence-electron chi connectivity index (χ2n) is 4.61. The number of hydrogen-bond acceptors (Lipinski definition) is 2. The Morgan fingerprint density at radius 3 is 2.55 bits per heavy atom. The van der Waals surface area contributed by atoms with Crippen molar-refractivity contribution in [3.63, 3.8) is 0 Å². The average Bonchev–Trinajstić information content (AvgIpc) is 2.45. The predicted molar refractivity (Wildman–Crippen MR) is 84.0 cm³/mol. The first-order valence-electron chi connectivity index (χ1n) is 6.42. The van der Waals surface area contributed by atoms with Gasteiger partial charge in [-0.2, -0.15) is 0 Å². The number of ether oxygens (including phenoxy) is 1. The van der Waals surface area contributed by atoms with Crippen molar-refractivity contribution in [1.29, 1.82) is 0 Å². The summed E-state index contributed by atoms with van der Waals surface area (Å²) in [7, 11) is 1.65. The summed E-state index contributed by atoms with van der Waals surface area (Å²) in [5.74, 6) is 0.607. The standard InChI is InChI=1S/C16H17BrFNO/c1-11-9-14(17)15(18)10-16(11)19-8-7-12-3-5-13(20-2)6-4-12/h3-6,9-10,19H,7-8H2,1-2H3. The van der Waals surface area contributed by atoms with Gasteiger partial charge in [0.25, 0.3) is 0 Å². The van der Waals surface area contributed by atoms with E-state index in [1.807, 2.05) is 31.2 Å². The molecular formula is C16H17BrFNO. The quantitative estimate of drug-likeness (QED) is 0.863. The molecular weight excluding hydrogens is 321 g/mol. The number of nitrogens with one attached hydrogen (secondary N) is 1. The number of anilines is 1. The van der Waals surface area contributed by atoms with Gasteiger partial charge in [-0.05, 0) is 64.7 Å². The van der Waals surface area contributed by atoms with E-state index in [0.29, 0.717) is 4.47 Å². The Balaban J connectivity index is 1.94. The van der Waals surface area contributed by atoms with E-state index in [-0.39, 0.29) is 5.82 Å². The third-order valence-electron chi connectivity index (χ3n) is 3.16. The van der Waals surface area contributed by atoms with Gasteiger partial charge >= 0.3 is 0 Å². The lowest BCUT2D eigenvalue weighted by molar-refractivity contribution is 0.414. The van der Waals surface area contributed by atoms with Crippen LogP contribution in [0.2, 0.25) is 0 Å². The summed E-state index contributed by atoms with van der Waals surface area (Å²) in [4.78, 5) is 0. The highest BCUT2D eigenvalue weighted by atomic mass is 79.9. The first-order valence-corrected chi connectivity index (χ1v) is 7.22. The van der Waals surface area contributed by atoms with E-state index in [4.69, 9.17) is 4.74 Å². The molecule has 0 bridgehead atoms. The maximum atomic E-state index is 13.5. The molecule has 2 nitrogen and oxygen atoms in total. The average molecular weight is 338 g/mol. The number of methoxy groups -OCH3 is 1. The lowest BCUT2D eigenvalue weighted by Crippen LogP contribution is -2.06. The summed E-state index contributed by atoms with van der Waals surface area (Å²) in [6, 6.07) is 11.3. The maximum absolute atomic E-state index is 13.5. The van der Waals surface area contributed by atoms with Crippen LogP contribution in [0.4, 0.5) is 10.1 Å². The zero-order valence-corrected chi connectivity index (χ0v) is 13.1. The van der Waals surface area contributed by atoms with Gasteiger partial charge in [0.05, 0.1) is 11.6 Å². The summed E-state index contributed by atoms with van der Waals surface area (Å²) in [6.45, 7) is 2.72. The van der Waals surface area contributed by atoms with Crippen LogP contribution in [-0.2, 0) is 6.42 Å². The highest BCUT2D eigenvalue weighted by Crippen LogP contribution is 2.24. The summed E-state index contributed by atoms with van der Waals surface area (Å²) in [5, 5.41) is 3.27. The van der Waals surface area contributed by atoms with Crippen LogP contribution in [0.5, 0.6) is 5.75 Å². The number of halogens is 2. The van der Waals surface area contributed by atoms with Gasteiger partial charge in [-0.15, -0.1) is 0 Å². The molecule has 0 aliphatic rings. The van der Waals surface area contributed by atoms with E-state index in [0.717, 1.165) is 30.0 Å². The van der Waals surface area contributed by atoms with Crippen LogP contribution in [0.25, 0.3) is 0 Å². The monoisotopic (exact) mass is 337 g/mol. The highest BCUT2D eigenvalue weighted by Gasteiger charge is 2.04. The number of rotatable bonds is 5. The molecule has 20 heavy (non-hydrogen) atoms. The molecule has 0 fully saturated rings. The fourth-order valence-corrected chi connectivity index (χ4v) is 2.43. The molecule has 2 rings (SSSR count). The highest BCUT2D eigenvalue weighted by molar-refractivity contribution is 9.10. The summed E-state index contributed by atoms with van der Waals surface area (Å²) >= 11 is 3.18. The minimum atomic E-state index is -0.248. The van der Waals surface area contributed by atoms with E-state index < -0.39 is 0 Å².